The van der Waals surface area contributed by atoms with E-state index in [9.17, 15) is 8.78 Å². The molecule has 0 radical (unpaired) electrons. The summed E-state index contributed by atoms with van der Waals surface area (Å²) in [7, 11) is 3.19. The Morgan fingerprint density at radius 3 is 2.66 bits per heavy atom. The highest BCUT2D eigenvalue weighted by Crippen LogP contribution is 2.45. The van der Waals surface area contributed by atoms with Crippen LogP contribution in [0.1, 0.15) is 36.1 Å². The summed E-state index contributed by atoms with van der Waals surface area (Å²) < 4.78 is 46.1. The molecule has 1 aliphatic rings. The highest BCUT2D eigenvalue weighted by Gasteiger charge is 2.33. The number of methoxy groups -OCH3 is 2. The molecule has 1 fully saturated rings. The van der Waals surface area contributed by atoms with E-state index >= 15 is 0 Å². The molecular formula is C24H24F2IN5O3. The molecule has 8 nitrogen and oxygen atoms in total. The lowest BCUT2D eigenvalue weighted by Crippen LogP contribution is -2.14. The summed E-state index contributed by atoms with van der Waals surface area (Å²) in [6, 6.07) is 6.22. The third kappa shape index (κ3) is 4.41. The largest absolute Gasteiger partial charge is 0.497 e. The fourth-order valence-electron chi connectivity index (χ4n) is 4.05. The van der Waals surface area contributed by atoms with Crippen LogP contribution in [0, 0.1) is 3.57 Å². The van der Waals surface area contributed by atoms with Crippen molar-refractivity contribution in [3.8, 4) is 22.9 Å². The average Bonchev–Trinajstić information content (AvgIpc) is 3.56. The van der Waals surface area contributed by atoms with E-state index in [0.717, 1.165) is 27.7 Å². The van der Waals surface area contributed by atoms with Gasteiger partial charge in [-0.3, -0.25) is 4.68 Å². The number of halogens is 3. The molecule has 184 valence electrons. The Morgan fingerprint density at radius 2 is 1.97 bits per heavy atom. The van der Waals surface area contributed by atoms with Crippen molar-refractivity contribution in [1.82, 2.24) is 19.9 Å². The van der Waals surface area contributed by atoms with E-state index in [4.69, 9.17) is 14.0 Å². The fraction of sp³-hybridized carbons (Fsp3) is 0.375. The van der Waals surface area contributed by atoms with Crippen molar-refractivity contribution in [2.24, 2.45) is 0 Å². The Kier molecular flexibility index (Phi) is 6.76. The Labute approximate surface area is 214 Å². The first-order chi connectivity index (χ1) is 17.1. The van der Waals surface area contributed by atoms with Gasteiger partial charge in [0.2, 0.25) is 0 Å². The first-order valence-corrected chi connectivity index (χ1v) is 12.3. The van der Waals surface area contributed by atoms with Crippen LogP contribution in [0.15, 0.2) is 35.0 Å². The smallest absolute Gasteiger partial charge is 0.153 e. The van der Waals surface area contributed by atoms with Gasteiger partial charge in [0, 0.05) is 30.3 Å². The molecule has 5 rings (SSSR count). The molecule has 11 heteroatoms. The van der Waals surface area contributed by atoms with Gasteiger partial charge in [0.15, 0.2) is 5.76 Å². The second-order valence-corrected chi connectivity index (χ2v) is 9.40. The molecule has 0 bridgehead atoms. The van der Waals surface area contributed by atoms with Gasteiger partial charge in [-0.2, -0.15) is 5.10 Å². The number of hydrogen-bond donors (Lipinski definition) is 1. The summed E-state index contributed by atoms with van der Waals surface area (Å²) in [5, 5.41) is 12.9. The van der Waals surface area contributed by atoms with Gasteiger partial charge < -0.3 is 19.3 Å². The van der Waals surface area contributed by atoms with E-state index in [2.05, 4.69) is 43.1 Å². The number of ether oxygens (including phenoxy) is 2. The van der Waals surface area contributed by atoms with Crippen LogP contribution in [0.25, 0.3) is 22.3 Å². The molecule has 3 heterocycles. The van der Waals surface area contributed by atoms with E-state index < -0.39 is 19.4 Å². The lowest BCUT2D eigenvalue weighted by molar-refractivity contribution is 0.278. The van der Waals surface area contributed by atoms with E-state index in [0.29, 0.717) is 52.1 Å². The quantitative estimate of drug-likeness (QED) is 0.236. The third-order valence-corrected chi connectivity index (χ3v) is 7.14. The van der Waals surface area contributed by atoms with Gasteiger partial charge in [-0.15, -0.1) is 0 Å². The van der Waals surface area contributed by atoms with Crippen LogP contribution in [-0.4, -0.2) is 47.5 Å². The Bertz CT molecular complexity index is 1350. The molecule has 1 aliphatic carbocycles. The number of anilines is 1. The molecule has 1 saturated carbocycles. The highest BCUT2D eigenvalue weighted by molar-refractivity contribution is 14.1. The molecule has 0 atom stereocenters. The van der Waals surface area contributed by atoms with E-state index in [1.54, 1.807) is 32.5 Å². The molecule has 0 aliphatic heterocycles. The van der Waals surface area contributed by atoms with Crippen molar-refractivity contribution in [2.45, 2.75) is 31.3 Å². The summed E-state index contributed by atoms with van der Waals surface area (Å²) >= 11 is 2.21. The normalized spacial score (nSPS) is 13.5. The summed E-state index contributed by atoms with van der Waals surface area (Å²) in [4.78, 5) is 4.53. The van der Waals surface area contributed by atoms with Crippen molar-refractivity contribution in [3.63, 3.8) is 0 Å². The monoisotopic (exact) mass is 595 g/mol. The third-order valence-electron chi connectivity index (χ3n) is 6.09. The molecule has 0 unspecified atom stereocenters. The van der Waals surface area contributed by atoms with Crippen LogP contribution < -0.4 is 14.8 Å². The van der Waals surface area contributed by atoms with Gasteiger partial charge in [0.25, 0.3) is 0 Å². The van der Waals surface area contributed by atoms with E-state index in [1.165, 1.54) is 4.68 Å². The van der Waals surface area contributed by atoms with Crippen LogP contribution in [0.5, 0.6) is 11.5 Å². The van der Waals surface area contributed by atoms with Crippen LogP contribution in [0.4, 0.5) is 14.6 Å². The molecule has 1 aromatic carbocycles. The number of nitrogens with one attached hydrogen (secondary N) is 1. The first kappa shape index (κ1) is 23.8. The number of alkyl halides is 2. The minimum absolute atomic E-state index is 0.360. The summed E-state index contributed by atoms with van der Waals surface area (Å²) in [6.07, 6.45) is 3.71. The summed E-state index contributed by atoms with van der Waals surface area (Å²) in [5.74, 6) is 3.06. The maximum absolute atomic E-state index is 13.7. The lowest BCUT2D eigenvalue weighted by atomic mass is 10.1. The molecule has 1 N–H and O–H groups in total. The minimum Gasteiger partial charge on any atom is -0.497 e. The first-order valence-electron chi connectivity index (χ1n) is 11.2. The zero-order chi connectivity index (χ0) is 24.5. The second-order valence-electron chi connectivity index (χ2n) is 8.32. The van der Waals surface area contributed by atoms with Gasteiger partial charge in [-0.05, 0) is 53.6 Å². The minimum atomic E-state index is -1.05. The van der Waals surface area contributed by atoms with Crippen molar-refractivity contribution < 1.29 is 22.8 Å². The van der Waals surface area contributed by atoms with Gasteiger partial charge in [0.1, 0.15) is 48.1 Å². The zero-order valence-electron chi connectivity index (χ0n) is 19.2. The van der Waals surface area contributed by atoms with E-state index in [1.807, 2.05) is 12.1 Å². The number of rotatable bonds is 10. The lowest BCUT2D eigenvalue weighted by Gasteiger charge is -2.13. The Morgan fingerprint density at radius 1 is 1.17 bits per heavy atom. The van der Waals surface area contributed by atoms with Crippen LogP contribution in [0.3, 0.4) is 0 Å². The van der Waals surface area contributed by atoms with Crippen LogP contribution in [0.2, 0.25) is 0 Å². The molecule has 0 spiro atoms. The standard InChI is InChI=1S/C24H24F2IN5O3/c1-33-16-6-5-14(18(9-16)34-2)12-29-24-19-17(7-8-28-24)32(15(10-25)11-26)30-21(19)22-20(27)23(35-31-22)13-3-4-13/h5-9,13,15H,3-4,10-12H2,1-2H3,(H,28,29). The van der Waals surface area contributed by atoms with Gasteiger partial charge in [-0.1, -0.05) is 5.16 Å². The number of nitrogens with zero attached hydrogens (tertiary/aromatic N) is 4. The van der Waals surface area contributed by atoms with Crippen molar-refractivity contribution >= 4 is 39.3 Å². The molecule has 0 amide bonds. The number of hydrogen-bond acceptors (Lipinski definition) is 7. The summed E-state index contributed by atoms with van der Waals surface area (Å²) in [5.41, 5.74) is 2.47. The average molecular weight is 595 g/mol. The fourth-order valence-corrected chi connectivity index (χ4v) is 4.95. The van der Waals surface area contributed by atoms with Gasteiger partial charge in [-0.25, -0.2) is 13.8 Å². The second kappa shape index (κ2) is 9.96. The Balaban J connectivity index is 1.59. The zero-order valence-corrected chi connectivity index (χ0v) is 21.4. The SMILES string of the molecule is COc1ccc(CNc2nccc3c2c(-c2noc(C4CC4)c2I)nn3C(CF)CF)c(OC)c1. The van der Waals surface area contributed by atoms with Gasteiger partial charge >= 0.3 is 0 Å². The maximum atomic E-state index is 13.7. The van der Waals surface area contributed by atoms with Crippen molar-refractivity contribution in [2.75, 3.05) is 32.9 Å². The molecule has 0 saturated heterocycles. The number of benzene rings is 1. The molecule has 35 heavy (non-hydrogen) atoms. The molecule has 3 aromatic heterocycles. The number of aromatic nitrogens is 4. The van der Waals surface area contributed by atoms with E-state index in [-0.39, 0.29) is 0 Å². The van der Waals surface area contributed by atoms with Crippen molar-refractivity contribution in [1.29, 1.82) is 0 Å². The number of pyridine rings is 1. The predicted octanol–water partition coefficient (Wildman–Crippen LogP) is 5.68. The molecule has 4 aromatic rings. The maximum Gasteiger partial charge on any atom is 0.153 e. The Hall–Kier alpha value is -2.96. The van der Waals surface area contributed by atoms with Crippen LogP contribution in [-0.2, 0) is 6.54 Å². The highest BCUT2D eigenvalue weighted by atomic mass is 127. The van der Waals surface area contributed by atoms with Crippen LogP contribution >= 0.6 is 22.6 Å². The summed E-state index contributed by atoms with van der Waals surface area (Å²) in [6.45, 7) is -1.38. The predicted molar refractivity (Wildman–Crippen MR) is 136 cm³/mol. The molecular weight excluding hydrogens is 571 g/mol. The van der Waals surface area contributed by atoms with Crippen molar-refractivity contribution in [3.05, 3.63) is 45.4 Å². The topological polar surface area (TPSA) is 87.2 Å². The van der Waals surface area contributed by atoms with Gasteiger partial charge in [0.05, 0.1) is 28.7 Å². The number of fused-ring (bicyclic) bond motifs is 1.